The fourth-order valence-corrected chi connectivity index (χ4v) is 5.86. The molecule has 44 heavy (non-hydrogen) atoms. The topological polar surface area (TPSA) is 150 Å². The molecule has 4 aliphatic heterocycles. The standard InChI is InChI=1S/C32H44N2O10/c1-19(7-10-27-20(2)14-26(22(4)42-27)33-28(36)11-8-21(3)41-23(5)35)6-9-24-16-32(18-40-32)17-25(43-24)15-31(39)44-34-29(37)12-13-30(34)38/h6-9,11,20-22,24-27H,10,12-18H2,1-5H3,(H,33,36)/b9-6+,11-8-,19-7+/t20-,21-,22+,24+,25+,26+,27-,32+/m0/s1. The number of hydrogen-bond donors (Lipinski definition) is 1. The van der Waals surface area contributed by atoms with Gasteiger partial charge in [0.2, 0.25) is 5.91 Å². The number of allylic oxidation sites excluding steroid dienone is 2. The van der Waals surface area contributed by atoms with Crippen molar-refractivity contribution in [2.45, 2.75) is 122 Å². The van der Waals surface area contributed by atoms with Gasteiger partial charge < -0.3 is 29.1 Å². The molecule has 0 bridgehead atoms. The lowest BCUT2D eigenvalue weighted by atomic mass is 9.88. The number of esters is 1. The van der Waals surface area contributed by atoms with Crippen molar-refractivity contribution in [1.29, 1.82) is 0 Å². The Balaban J connectivity index is 1.23. The Morgan fingerprint density at radius 1 is 1.09 bits per heavy atom. The molecule has 0 radical (unpaired) electrons. The number of rotatable bonds is 11. The quantitative estimate of drug-likeness (QED) is 0.121. The van der Waals surface area contributed by atoms with Crippen molar-refractivity contribution in [3.05, 3.63) is 36.0 Å². The van der Waals surface area contributed by atoms with Crippen molar-refractivity contribution in [3.8, 4) is 0 Å². The molecule has 4 rings (SSSR count). The van der Waals surface area contributed by atoms with E-state index in [1.165, 1.54) is 13.0 Å². The first-order chi connectivity index (χ1) is 20.8. The highest BCUT2D eigenvalue weighted by Crippen LogP contribution is 2.43. The van der Waals surface area contributed by atoms with Gasteiger partial charge >= 0.3 is 11.9 Å². The maximum Gasteiger partial charge on any atom is 0.335 e. The molecule has 0 aromatic heterocycles. The summed E-state index contributed by atoms with van der Waals surface area (Å²) in [7, 11) is 0. The van der Waals surface area contributed by atoms with Crippen LogP contribution in [0, 0.1) is 5.92 Å². The lowest BCUT2D eigenvalue weighted by Gasteiger charge is -2.39. The number of imide groups is 1. The summed E-state index contributed by atoms with van der Waals surface area (Å²) in [5.74, 6) is -2.14. The van der Waals surface area contributed by atoms with Crippen LogP contribution in [0.5, 0.6) is 0 Å². The second-order valence-electron chi connectivity index (χ2n) is 12.4. The zero-order valence-electron chi connectivity index (χ0n) is 26.1. The Kier molecular flexibility index (Phi) is 11.1. The highest BCUT2D eigenvalue weighted by atomic mass is 16.7. The number of hydrogen-bond acceptors (Lipinski definition) is 10. The molecule has 4 fully saturated rings. The highest BCUT2D eigenvalue weighted by molar-refractivity contribution is 6.01. The Morgan fingerprint density at radius 2 is 1.80 bits per heavy atom. The highest BCUT2D eigenvalue weighted by Gasteiger charge is 2.51. The predicted octanol–water partition coefficient (Wildman–Crippen LogP) is 3.00. The van der Waals surface area contributed by atoms with Gasteiger partial charge in [0, 0.05) is 38.7 Å². The largest absolute Gasteiger partial charge is 0.459 e. The van der Waals surface area contributed by atoms with Gasteiger partial charge in [-0.1, -0.05) is 30.7 Å². The summed E-state index contributed by atoms with van der Waals surface area (Å²) in [6.07, 6.45) is 10.4. The Morgan fingerprint density at radius 3 is 2.45 bits per heavy atom. The van der Waals surface area contributed by atoms with E-state index >= 15 is 0 Å². The fraction of sp³-hybridized carbons (Fsp3) is 0.656. The number of amides is 3. The van der Waals surface area contributed by atoms with Crippen LogP contribution in [-0.4, -0.2) is 83.5 Å². The van der Waals surface area contributed by atoms with Crippen LogP contribution in [-0.2, 0) is 47.8 Å². The Labute approximate surface area is 258 Å². The molecule has 0 aromatic rings. The Bertz CT molecular complexity index is 1190. The van der Waals surface area contributed by atoms with E-state index in [1.807, 2.05) is 26.0 Å². The molecule has 1 spiro atoms. The van der Waals surface area contributed by atoms with Gasteiger partial charge in [0.05, 0.1) is 49.1 Å². The van der Waals surface area contributed by atoms with Crippen molar-refractivity contribution in [2.75, 3.05) is 6.61 Å². The monoisotopic (exact) mass is 616 g/mol. The SMILES string of the molecule is CC(=O)O[C@@H](C)/C=C\C(=O)N[C@@H]1C[C@H](C)[C@H](C/C=C(C)/C=C/[C@@H]2C[C@]3(CO3)C[C@@H](CC(=O)ON3C(=O)CCC3=O)O2)O[C@@H]1C. The first kappa shape index (κ1) is 33.5. The average molecular weight is 617 g/mol. The molecule has 12 heteroatoms. The predicted molar refractivity (Wildman–Crippen MR) is 156 cm³/mol. The van der Waals surface area contributed by atoms with Gasteiger partial charge in [0.25, 0.3) is 11.8 Å². The molecule has 3 amide bonds. The van der Waals surface area contributed by atoms with Crippen LogP contribution in [0.3, 0.4) is 0 Å². The van der Waals surface area contributed by atoms with Crippen LogP contribution in [0.1, 0.15) is 79.6 Å². The zero-order valence-corrected chi connectivity index (χ0v) is 26.1. The number of nitrogens with one attached hydrogen (secondary N) is 1. The minimum Gasteiger partial charge on any atom is -0.459 e. The van der Waals surface area contributed by atoms with E-state index in [2.05, 4.69) is 18.3 Å². The molecule has 242 valence electrons. The smallest absolute Gasteiger partial charge is 0.335 e. The van der Waals surface area contributed by atoms with E-state index < -0.39 is 36.0 Å². The molecule has 1 N–H and O–H groups in total. The molecule has 0 aromatic carbocycles. The number of nitrogens with zero attached hydrogens (tertiary/aromatic N) is 1. The van der Waals surface area contributed by atoms with E-state index in [0.29, 0.717) is 30.9 Å². The summed E-state index contributed by atoms with van der Waals surface area (Å²) in [5.41, 5.74) is 0.719. The maximum atomic E-state index is 12.4. The third-order valence-electron chi connectivity index (χ3n) is 8.35. The van der Waals surface area contributed by atoms with Gasteiger partial charge in [-0.3, -0.25) is 19.2 Å². The summed E-state index contributed by atoms with van der Waals surface area (Å²) in [4.78, 5) is 64.4. The van der Waals surface area contributed by atoms with Gasteiger partial charge in [-0.25, -0.2) is 4.79 Å². The summed E-state index contributed by atoms with van der Waals surface area (Å²) >= 11 is 0. The van der Waals surface area contributed by atoms with E-state index in [4.69, 9.17) is 23.8 Å². The lowest BCUT2D eigenvalue weighted by Crippen LogP contribution is -2.50. The average Bonchev–Trinajstić information content (AvgIpc) is 3.61. The van der Waals surface area contributed by atoms with Crippen molar-refractivity contribution in [3.63, 3.8) is 0 Å². The first-order valence-corrected chi connectivity index (χ1v) is 15.3. The molecular weight excluding hydrogens is 572 g/mol. The van der Waals surface area contributed by atoms with E-state index in [9.17, 15) is 24.0 Å². The van der Waals surface area contributed by atoms with Gasteiger partial charge in [-0.15, -0.1) is 5.06 Å². The molecular formula is C32H44N2O10. The molecule has 4 heterocycles. The third kappa shape index (κ3) is 9.57. The van der Waals surface area contributed by atoms with Gasteiger partial charge in [0.1, 0.15) is 6.10 Å². The summed E-state index contributed by atoms with van der Waals surface area (Å²) in [6, 6.07) is -0.130. The van der Waals surface area contributed by atoms with Crippen molar-refractivity contribution in [2.24, 2.45) is 5.92 Å². The summed E-state index contributed by atoms with van der Waals surface area (Å²) in [5, 5.41) is 3.55. The van der Waals surface area contributed by atoms with E-state index in [0.717, 1.165) is 12.0 Å². The third-order valence-corrected chi connectivity index (χ3v) is 8.35. The van der Waals surface area contributed by atoms with E-state index in [-0.39, 0.29) is 61.0 Å². The number of carbonyl (C=O) groups is 5. The lowest BCUT2D eigenvalue weighted by molar-refractivity contribution is -0.200. The van der Waals surface area contributed by atoms with Crippen molar-refractivity contribution >= 4 is 29.7 Å². The van der Waals surface area contributed by atoms with Crippen LogP contribution in [0.25, 0.3) is 0 Å². The number of carbonyl (C=O) groups excluding carboxylic acids is 5. The van der Waals surface area contributed by atoms with Gasteiger partial charge in [0.15, 0.2) is 0 Å². The van der Waals surface area contributed by atoms with Crippen LogP contribution in [0.2, 0.25) is 0 Å². The molecule has 0 aliphatic carbocycles. The number of epoxide rings is 1. The van der Waals surface area contributed by atoms with Crippen molar-refractivity contribution < 1.29 is 47.8 Å². The molecule has 0 saturated carbocycles. The van der Waals surface area contributed by atoms with E-state index in [1.54, 1.807) is 13.0 Å². The second kappa shape index (κ2) is 14.6. The number of hydroxylamine groups is 2. The molecule has 4 saturated heterocycles. The molecule has 0 unspecified atom stereocenters. The summed E-state index contributed by atoms with van der Waals surface area (Å²) in [6.45, 7) is 9.69. The number of ether oxygens (including phenoxy) is 4. The minimum atomic E-state index is -0.682. The minimum absolute atomic E-state index is 0.000130. The maximum absolute atomic E-state index is 12.4. The first-order valence-electron chi connectivity index (χ1n) is 15.3. The van der Waals surface area contributed by atoms with Crippen molar-refractivity contribution in [1.82, 2.24) is 10.4 Å². The van der Waals surface area contributed by atoms with Gasteiger partial charge in [-0.05, 0) is 45.6 Å². The molecule has 8 atom stereocenters. The van der Waals surface area contributed by atoms with Crippen LogP contribution < -0.4 is 5.32 Å². The molecule has 4 aliphatic rings. The van der Waals surface area contributed by atoms with Gasteiger partial charge in [-0.2, -0.15) is 0 Å². The van der Waals surface area contributed by atoms with Crippen LogP contribution >= 0.6 is 0 Å². The van der Waals surface area contributed by atoms with Crippen LogP contribution in [0.15, 0.2) is 36.0 Å². The fourth-order valence-electron chi connectivity index (χ4n) is 5.86. The molecule has 12 nitrogen and oxygen atoms in total. The zero-order chi connectivity index (χ0) is 32.0. The van der Waals surface area contributed by atoms with Crippen LogP contribution in [0.4, 0.5) is 0 Å². The summed E-state index contributed by atoms with van der Waals surface area (Å²) < 4.78 is 23.1. The second-order valence-corrected chi connectivity index (χ2v) is 12.4. The Hall–Kier alpha value is -3.35. The normalized spacial score (nSPS) is 33.2.